The van der Waals surface area contributed by atoms with E-state index in [0.717, 1.165) is 70.4 Å². The highest BCUT2D eigenvalue weighted by Gasteiger charge is 2.41. The average Bonchev–Trinajstić information content (AvgIpc) is 2.92. The number of para-hydroxylation sites is 1. The van der Waals surface area contributed by atoms with Crippen molar-refractivity contribution in [3.05, 3.63) is 29.8 Å². The van der Waals surface area contributed by atoms with Crippen LogP contribution >= 0.6 is 0 Å². The highest BCUT2D eigenvalue weighted by molar-refractivity contribution is 5.92. The van der Waals surface area contributed by atoms with Crippen molar-refractivity contribution in [2.45, 2.75) is 56.9 Å². The first kappa shape index (κ1) is 21.0. The highest BCUT2D eigenvalue weighted by Crippen LogP contribution is 2.46. The smallest absolute Gasteiger partial charge is 0.409 e. The Morgan fingerprint density at radius 1 is 1.07 bits per heavy atom. The number of rotatable bonds is 2. The summed E-state index contributed by atoms with van der Waals surface area (Å²) >= 11 is 0. The van der Waals surface area contributed by atoms with E-state index < -0.39 is 0 Å². The van der Waals surface area contributed by atoms with E-state index in [2.05, 4.69) is 17.0 Å². The zero-order valence-electron chi connectivity index (χ0n) is 18.0. The zero-order chi connectivity index (χ0) is 21.1. The molecule has 164 valence electrons. The Morgan fingerprint density at radius 3 is 2.43 bits per heavy atom. The van der Waals surface area contributed by atoms with Crippen LogP contribution < -0.4 is 10.6 Å². The third kappa shape index (κ3) is 4.00. The summed E-state index contributed by atoms with van der Waals surface area (Å²) in [5, 5.41) is 0. The van der Waals surface area contributed by atoms with Gasteiger partial charge >= 0.3 is 12.1 Å². The molecule has 0 aliphatic carbocycles. The van der Waals surface area contributed by atoms with Crippen molar-refractivity contribution in [3.63, 3.8) is 0 Å². The second kappa shape index (κ2) is 8.84. The fourth-order valence-corrected chi connectivity index (χ4v) is 5.68. The topological polar surface area (TPSA) is 79.1 Å². The number of amides is 3. The van der Waals surface area contributed by atoms with Gasteiger partial charge in [0.15, 0.2) is 0 Å². The number of piperidine rings is 2. The molecule has 2 saturated heterocycles. The van der Waals surface area contributed by atoms with E-state index in [-0.39, 0.29) is 17.5 Å². The van der Waals surface area contributed by atoms with Crippen molar-refractivity contribution in [3.8, 4) is 0 Å². The van der Waals surface area contributed by atoms with Gasteiger partial charge in [-0.2, -0.15) is 0 Å². The molecule has 7 heteroatoms. The first-order valence-corrected chi connectivity index (χ1v) is 11.4. The van der Waals surface area contributed by atoms with Gasteiger partial charge in [-0.15, -0.1) is 0 Å². The van der Waals surface area contributed by atoms with Crippen LogP contribution in [0.1, 0.15) is 51.0 Å². The van der Waals surface area contributed by atoms with E-state index in [9.17, 15) is 9.59 Å². The maximum atomic E-state index is 12.0. The Balaban J connectivity index is 1.42. The number of nitrogens with zero attached hydrogens (tertiary/aromatic N) is 3. The Bertz CT molecular complexity index is 767. The molecular weight excluding hydrogens is 380 g/mol. The predicted molar refractivity (Wildman–Crippen MR) is 117 cm³/mol. The van der Waals surface area contributed by atoms with Crippen LogP contribution in [0.3, 0.4) is 0 Å². The molecule has 4 rings (SSSR count). The molecule has 0 radical (unpaired) electrons. The molecule has 2 N–H and O–H groups in total. The minimum absolute atomic E-state index is 0.128. The third-order valence-electron chi connectivity index (χ3n) is 7.33. The van der Waals surface area contributed by atoms with Crippen LogP contribution in [0.25, 0.3) is 0 Å². The molecule has 3 aliphatic heterocycles. The summed E-state index contributed by atoms with van der Waals surface area (Å²) in [5.41, 5.74) is 8.10. The minimum Gasteiger partial charge on any atom is -0.450 e. The standard InChI is InChI=1S/C23H34N4O3/c1-2-30-22(29)26-14-8-18(9-15-26)25-16-11-23(12-17-25)10-5-13-27(21(24)28)20-7-4-3-6-19(20)23/h3-4,6-7,18H,2,5,8-17H2,1H3,(H2,24,28). The number of nitrogens with two attached hydrogens (primary N) is 1. The van der Waals surface area contributed by atoms with Crippen LogP contribution in [0, 0.1) is 0 Å². The van der Waals surface area contributed by atoms with Gasteiger partial charge in [-0.3, -0.25) is 4.90 Å². The number of carbonyl (C=O) groups is 2. The van der Waals surface area contributed by atoms with E-state index >= 15 is 0 Å². The van der Waals surface area contributed by atoms with Gasteiger partial charge in [-0.1, -0.05) is 18.2 Å². The van der Waals surface area contributed by atoms with Crippen molar-refractivity contribution in [1.29, 1.82) is 0 Å². The molecule has 2 fully saturated rings. The van der Waals surface area contributed by atoms with Gasteiger partial charge in [0, 0.05) is 31.4 Å². The summed E-state index contributed by atoms with van der Waals surface area (Å²) < 4.78 is 5.14. The van der Waals surface area contributed by atoms with Crippen LogP contribution in [0.4, 0.5) is 15.3 Å². The third-order valence-corrected chi connectivity index (χ3v) is 7.33. The number of ether oxygens (including phenoxy) is 1. The number of fused-ring (bicyclic) bond motifs is 2. The summed E-state index contributed by atoms with van der Waals surface area (Å²) in [5.74, 6) is 0. The lowest BCUT2D eigenvalue weighted by Crippen LogP contribution is -2.51. The maximum absolute atomic E-state index is 12.0. The molecule has 0 saturated carbocycles. The predicted octanol–water partition coefficient (Wildman–Crippen LogP) is 3.32. The molecule has 0 bridgehead atoms. The number of hydrogen-bond donors (Lipinski definition) is 1. The van der Waals surface area contributed by atoms with Gasteiger partial charge in [0.2, 0.25) is 0 Å². The first-order chi connectivity index (χ1) is 14.5. The van der Waals surface area contributed by atoms with Gasteiger partial charge in [-0.05, 0) is 75.6 Å². The lowest BCUT2D eigenvalue weighted by atomic mass is 9.69. The minimum atomic E-state index is -0.356. The van der Waals surface area contributed by atoms with E-state index in [0.29, 0.717) is 19.2 Å². The number of urea groups is 1. The monoisotopic (exact) mass is 414 g/mol. The second-order valence-electron chi connectivity index (χ2n) is 8.84. The lowest BCUT2D eigenvalue weighted by Gasteiger charge is -2.46. The zero-order valence-corrected chi connectivity index (χ0v) is 18.0. The van der Waals surface area contributed by atoms with Crippen molar-refractivity contribution in [2.24, 2.45) is 5.73 Å². The molecule has 0 atom stereocenters. The van der Waals surface area contributed by atoms with Gasteiger partial charge in [0.05, 0.1) is 6.61 Å². The molecule has 0 aromatic heterocycles. The molecule has 3 aliphatic rings. The first-order valence-electron chi connectivity index (χ1n) is 11.4. The van der Waals surface area contributed by atoms with E-state index in [1.54, 1.807) is 4.90 Å². The van der Waals surface area contributed by atoms with Crippen LogP contribution in [-0.2, 0) is 10.2 Å². The number of primary amides is 1. The molecule has 1 aromatic rings. The number of carbonyl (C=O) groups excluding carboxylic acids is 2. The van der Waals surface area contributed by atoms with Crippen LogP contribution in [-0.4, -0.2) is 67.3 Å². The summed E-state index contributed by atoms with van der Waals surface area (Å²) in [6, 6.07) is 8.51. The van der Waals surface area contributed by atoms with E-state index in [1.807, 2.05) is 24.0 Å². The van der Waals surface area contributed by atoms with Crippen LogP contribution in [0.15, 0.2) is 24.3 Å². The summed E-state index contributed by atoms with van der Waals surface area (Å²) in [7, 11) is 0. The Labute approximate surface area is 179 Å². The average molecular weight is 415 g/mol. The molecule has 3 heterocycles. The molecule has 0 unspecified atom stereocenters. The summed E-state index contributed by atoms with van der Waals surface area (Å²) in [6.45, 7) is 6.67. The molecule has 1 aromatic carbocycles. The van der Waals surface area contributed by atoms with Gasteiger partial charge in [0.1, 0.15) is 0 Å². The molecular formula is C23H34N4O3. The van der Waals surface area contributed by atoms with Gasteiger partial charge in [-0.25, -0.2) is 9.59 Å². The normalized spacial score (nSPS) is 22.4. The van der Waals surface area contributed by atoms with Crippen molar-refractivity contribution in [2.75, 3.05) is 44.2 Å². The Morgan fingerprint density at radius 2 is 1.77 bits per heavy atom. The molecule has 7 nitrogen and oxygen atoms in total. The summed E-state index contributed by atoms with van der Waals surface area (Å²) in [6.07, 6.45) is 6.14. The van der Waals surface area contributed by atoms with Crippen LogP contribution in [0.5, 0.6) is 0 Å². The van der Waals surface area contributed by atoms with Crippen molar-refractivity contribution in [1.82, 2.24) is 9.80 Å². The van der Waals surface area contributed by atoms with E-state index in [4.69, 9.17) is 10.5 Å². The second-order valence-corrected chi connectivity index (χ2v) is 8.84. The van der Waals surface area contributed by atoms with Crippen molar-refractivity contribution >= 4 is 17.8 Å². The number of hydrogen-bond acceptors (Lipinski definition) is 4. The van der Waals surface area contributed by atoms with Crippen LogP contribution in [0.2, 0.25) is 0 Å². The summed E-state index contributed by atoms with van der Waals surface area (Å²) in [4.78, 5) is 30.2. The lowest BCUT2D eigenvalue weighted by molar-refractivity contribution is 0.0549. The maximum Gasteiger partial charge on any atom is 0.409 e. The number of benzene rings is 1. The molecule has 3 amide bonds. The molecule has 30 heavy (non-hydrogen) atoms. The van der Waals surface area contributed by atoms with E-state index in [1.165, 1.54) is 5.56 Å². The fraction of sp³-hybridized carbons (Fsp3) is 0.652. The van der Waals surface area contributed by atoms with Gasteiger partial charge in [0.25, 0.3) is 0 Å². The highest BCUT2D eigenvalue weighted by atomic mass is 16.6. The van der Waals surface area contributed by atoms with Gasteiger partial charge < -0.3 is 20.3 Å². The SMILES string of the molecule is CCOC(=O)N1CCC(N2CCC3(CCCN(C(N)=O)c4ccccc43)CC2)CC1. The van der Waals surface area contributed by atoms with Crippen molar-refractivity contribution < 1.29 is 14.3 Å². The number of likely N-dealkylation sites (tertiary alicyclic amines) is 2. The largest absolute Gasteiger partial charge is 0.450 e. The molecule has 1 spiro atoms. The Kier molecular flexibility index (Phi) is 6.18. The quantitative estimate of drug-likeness (QED) is 0.805. The number of anilines is 1. The fourth-order valence-electron chi connectivity index (χ4n) is 5.68. The Hall–Kier alpha value is -2.28.